The number of hydroxylamine groups is 1. The molecule has 1 aliphatic heterocycles. The molecule has 1 aliphatic carbocycles. The van der Waals surface area contributed by atoms with Gasteiger partial charge < -0.3 is 9.47 Å². The van der Waals surface area contributed by atoms with Crippen molar-refractivity contribution in [2.24, 2.45) is 5.92 Å². The Morgan fingerprint density at radius 1 is 1.14 bits per heavy atom. The smallest absolute Gasteiger partial charge is 0.265 e. The van der Waals surface area contributed by atoms with Gasteiger partial charge in [0.15, 0.2) is 14.6 Å². The summed E-state index contributed by atoms with van der Waals surface area (Å²) in [6.45, 7) is 0.912. The van der Waals surface area contributed by atoms with E-state index >= 15 is 0 Å². The Bertz CT molecular complexity index is 749. The molecule has 0 atom stereocenters. The molecule has 1 aromatic rings. The lowest BCUT2D eigenvalue weighted by Gasteiger charge is -2.34. The van der Waals surface area contributed by atoms with Crippen molar-refractivity contribution in [3.05, 3.63) is 24.3 Å². The van der Waals surface area contributed by atoms with E-state index in [-0.39, 0.29) is 31.0 Å². The first-order chi connectivity index (χ1) is 13.5. The summed E-state index contributed by atoms with van der Waals surface area (Å²) in [5, 5.41) is 9.09. The number of benzene rings is 1. The summed E-state index contributed by atoms with van der Waals surface area (Å²) in [5.41, 5.74) is 1.52. The highest BCUT2D eigenvalue weighted by atomic mass is 32.2. The van der Waals surface area contributed by atoms with Gasteiger partial charge in [-0.05, 0) is 49.4 Å². The van der Waals surface area contributed by atoms with Crippen molar-refractivity contribution in [1.29, 1.82) is 0 Å². The Kier molecular flexibility index (Phi) is 6.95. The molecule has 0 unspecified atom stereocenters. The Hall–Kier alpha value is -1.64. The fourth-order valence-electron chi connectivity index (χ4n) is 4.18. The molecular weight excluding hydrogens is 382 g/mol. The van der Waals surface area contributed by atoms with Crippen LogP contribution in [-0.4, -0.2) is 44.1 Å². The van der Waals surface area contributed by atoms with E-state index in [1.165, 1.54) is 49.7 Å². The first-order valence-electron chi connectivity index (χ1n) is 9.99. The first-order valence-corrected chi connectivity index (χ1v) is 11.5. The molecule has 0 aromatic heterocycles. The molecule has 1 aromatic carbocycles. The van der Waals surface area contributed by atoms with Crippen LogP contribution in [0.5, 0.6) is 5.75 Å². The van der Waals surface area contributed by atoms with Crippen molar-refractivity contribution in [2.45, 2.75) is 61.0 Å². The number of carbonyl (C=O) groups is 1. The Labute approximate surface area is 166 Å². The summed E-state index contributed by atoms with van der Waals surface area (Å²) in [6.07, 6.45) is 7.47. The van der Waals surface area contributed by atoms with Crippen LogP contribution in [0.3, 0.4) is 0 Å². The van der Waals surface area contributed by atoms with Crippen LogP contribution in [0, 0.1) is 5.92 Å². The third-order valence-corrected chi connectivity index (χ3v) is 8.50. The molecular formula is C20H29NO6S. The molecule has 3 rings (SSSR count). The highest BCUT2D eigenvalue weighted by Gasteiger charge is 2.52. The molecule has 1 heterocycles. The lowest BCUT2D eigenvalue weighted by atomic mass is 9.87. The van der Waals surface area contributed by atoms with Crippen molar-refractivity contribution >= 4 is 15.7 Å². The minimum Gasteiger partial charge on any atom is -0.494 e. The predicted octanol–water partition coefficient (Wildman–Crippen LogP) is 2.86. The first kappa shape index (κ1) is 21.1. The number of hydrogen-bond donors (Lipinski definition) is 2. The van der Waals surface area contributed by atoms with E-state index in [2.05, 4.69) is 0 Å². The molecule has 2 fully saturated rings. The molecule has 8 heteroatoms. The second-order valence-corrected chi connectivity index (χ2v) is 9.92. The van der Waals surface area contributed by atoms with Crippen molar-refractivity contribution in [3.8, 4) is 5.75 Å². The van der Waals surface area contributed by atoms with Crippen LogP contribution in [0.25, 0.3) is 0 Å². The normalized spacial score (nSPS) is 20.5. The number of carbonyl (C=O) groups excluding carboxylic acids is 1. The molecule has 0 spiro atoms. The Morgan fingerprint density at radius 3 is 2.39 bits per heavy atom. The van der Waals surface area contributed by atoms with Crippen molar-refractivity contribution in [3.63, 3.8) is 0 Å². The molecule has 0 radical (unpaired) electrons. The van der Waals surface area contributed by atoms with Gasteiger partial charge in [0, 0.05) is 13.2 Å². The van der Waals surface area contributed by atoms with Gasteiger partial charge in [0.1, 0.15) is 5.75 Å². The maximum Gasteiger partial charge on any atom is 0.265 e. The lowest BCUT2D eigenvalue weighted by molar-refractivity contribution is -0.134. The van der Waals surface area contributed by atoms with Gasteiger partial charge in [-0.25, -0.2) is 13.9 Å². The highest BCUT2D eigenvalue weighted by Crippen LogP contribution is 2.36. The molecule has 2 aliphatic rings. The molecule has 1 saturated heterocycles. The minimum atomic E-state index is -4.00. The van der Waals surface area contributed by atoms with E-state index in [0.29, 0.717) is 12.4 Å². The van der Waals surface area contributed by atoms with Gasteiger partial charge in [-0.15, -0.1) is 0 Å². The second kappa shape index (κ2) is 9.24. The van der Waals surface area contributed by atoms with Crippen LogP contribution in [0.15, 0.2) is 29.2 Å². The molecule has 1 saturated carbocycles. The maximum absolute atomic E-state index is 13.2. The predicted molar refractivity (Wildman–Crippen MR) is 103 cm³/mol. The average molecular weight is 412 g/mol. The number of nitrogens with one attached hydrogen (secondary N) is 1. The third kappa shape index (κ3) is 4.34. The zero-order chi connectivity index (χ0) is 20.0. The zero-order valence-electron chi connectivity index (χ0n) is 16.1. The van der Waals surface area contributed by atoms with Gasteiger partial charge in [0.2, 0.25) is 0 Å². The van der Waals surface area contributed by atoms with Gasteiger partial charge in [-0.2, -0.15) is 0 Å². The van der Waals surface area contributed by atoms with Crippen LogP contribution >= 0.6 is 0 Å². The average Bonchev–Trinajstić information content (AvgIpc) is 2.74. The minimum absolute atomic E-state index is 0.00136. The Balaban J connectivity index is 1.67. The van der Waals surface area contributed by atoms with E-state index in [4.69, 9.17) is 14.7 Å². The van der Waals surface area contributed by atoms with Crippen molar-refractivity contribution in [1.82, 2.24) is 5.48 Å². The summed E-state index contributed by atoms with van der Waals surface area (Å²) < 4.78 is 35.6. The molecule has 156 valence electrons. The lowest BCUT2D eigenvalue weighted by Crippen LogP contribution is -2.54. The van der Waals surface area contributed by atoms with E-state index in [1.54, 1.807) is 12.1 Å². The molecule has 1 amide bonds. The number of sulfone groups is 1. The SMILES string of the molecule is O=C(NO)C1(S(=O)(=O)c2ccc(OCCC3CCCCC3)cc2)CCOCC1. The van der Waals surface area contributed by atoms with Crippen LogP contribution in [0.2, 0.25) is 0 Å². The van der Waals surface area contributed by atoms with E-state index < -0.39 is 20.5 Å². The fourth-order valence-corrected chi connectivity index (χ4v) is 6.12. The van der Waals surface area contributed by atoms with Gasteiger partial charge in [-0.3, -0.25) is 10.0 Å². The molecule has 2 N–H and O–H groups in total. The van der Waals surface area contributed by atoms with Gasteiger partial charge >= 0.3 is 0 Å². The summed E-state index contributed by atoms with van der Waals surface area (Å²) in [6, 6.07) is 6.18. The quantitative estimate of drug-likeness (QED) is 0.528. The van der Waals surface area contributed by atoms with Crippen molar-refractivity contribution < 1.29 is 27.9 Å². The summed E-state index contributed by atoms with van der Waals surface area (Å²) in [4.78, 5) is 12.3. The largest absolute Gasteiger partial charge is 0.494 e. The van der Waals surface area contributed by atoms with E-state index in [1.807, 2.05) is 0 Å². The third-order valence-electron chi connectivity index (χ3n) is 5.98. The Morgan fingerprint density at radius 2 is 1.79 bits per heavy atom. The summed E-state index contributed by atoms with van der Waals surface area (Å²) >= 11 is 0. The molecule has 28 heavy (non-hydrogen) atoms. The van der Waals surface area contributed by atoms with Crippen LogP contribution in [0.4, 0.5) is 0 Å². The van der Waals surface area contributed by atoms with Gasteiger partial charge in [-0.1, -0.05) is 32.1 Å². The monoisotopic (exact) mass is 411 g/mol. The fraction of sp³-hybridized carbons (Fsp3) is 0.650. The molecule has 7 nitrogen and oxygen atoms in total. The van der Waals surface area contributed by atoms with Gasteiger partial charge in [0.05, 0.1) is 11.5 Å². The van der Waals surface area contributed by atoms with Gasteiger partial charge in [0.25, 0.3) is 5.91 Å². The topological polar surface area (TPSA) is 102 Å². The van der Waals surface area contributed by atoms with Crippen LogP contribution in [0.1, 0.15) is 51.4 Å². The number of rotatable bonds is 7. The van der Waals surface area contributed by atoms with Crippen molar-refractivity contribution in [2.75, 3.05) is 19.8 Å². The van der Waals surface area contributed by atoms with E-state index in [9.17, 15) is 13.2 Å². The van der Waals surface area contributed by atoms with Crippen LogP contribution in [-0.2, 0) is 19.4 Å². The number of hydrogen-bond acceptors (Lipinski definition) is 6. The summed E-state index contributed by atoms with van der Waals surface area (Å²) in [7, 11) is -4.00. The number of ether oxygens (including phenoxy) is 2. The maximum atomic E-state index is 13.2. The second-order valence-electron chi connectivity index (χ2n) is 7.66. The van der Waals surface area contributed by atoms with E-state index in [0.717, 1.165) is 12.3 Å². The van der Waals surface area contributed by atoms with Crippen LogP contribution < -0.4 is 10.2 Å². The molecule has 0 bridgehead atoms. The summed E-state index contributed by atoms with van der Waals surface area (Å²) in [5.74, 6) is 0.421. The number of amides is 1. The standard InChI is InChI=1S/C20H29NO6S/c22-19(21-23)20(11-14-26-15-12-20)28(24,25)18-8-6-17(7-9-18)27-13-10-16-4-2-1-3-5-16/h6-9,16,23H,1-5,10-15H2,(H,21,22). The zero-order valence-corrected chi connectivity index (χ0v) is 16.9. The highest BCUT2D eigenvalue weighted by molar-refractivity contribution is 7.93.